The van der Waals surface area contributed by atoms with Crippen LogP contribution in [0.4, 0.5) is 8.78 Å². The van der Waals surface area contributed by atoms with Gasteiger partial charge in [-0.1, -0.05) is 0 Å². The SMILES string of the molecule is Cc1cn([C@@H]2O[C@H](COOP(=O)(O)OO[C@H]3[C@@H](F)[C@H](n4cc(C)c(=O)[nH]c4=O)O[C@@H]3CO)[C@@H](O)[C@H]2F)c(=O)[nH]c1=O. The molecule has 228 valence electrons. The van der Waals surface area contributed by atoms with E-state index < -0.39 is 92.7 Å². The molecule has 21 heteroatoms. The van der Waals surface area contributed by atoms with Gasteiger partial charge in [-0.2, -0.15) is 0 Å². The Morgan fingerprint density at radius 3 is 1.98 bits per heavy atom. The third kappa shape index (κ3) is 6.46. The molecule has 0 saturated carbocycles. The minimum absolute atomic E-state index is 0.0367. The lowest BCUT2D eigenvalue weighted by atomic mass is 10.1. The van der Waals surface area contributed by atoms with Crippen molar-refractivity contribution in [3.05, 3.63) is 65.2 Å². The smallest absolute Gasteiger partial charge is 0.394 e. The van der Waals surface area contributed by atoms with Gasteiger partial charge in [-0.3, -0.25) is 33.6 Å². The number of H-pyrrole nitrogens is 2. The predicted octanol–water partition coefficient (Wildman–Crippen LogP) is -2.11. The Labute approximate surface area is 226 Å². The predicted molar refractivity (Wildman–Crippen MR) is 126 cm³/mol. The Bertz CT molecular complexity index is 1540. The Balaban J connectivity index is 1.34. The lowest BCUT2D eigenvalue weighted by molar-refractivity contribution is -0.312. The fraction of sp³-hybridized carbons (Fsp3) is 0.600. The molecular formula is C20H25F2N4O14P. The highest BCUT2D eigenvalue weighted by Crippen LogP contribution is 2.46. The number of hydrogen-bond acceptors (Lipinski definition) is 13. The molecule has 2 fully saturated rings. The quantitative estimate of drug-likeness (QED) is 0.109. The summed E-state index contributed by atoms with van der Waals surface area (Å²) in [6, 6.07) is 0. The fourth-order valence-electron chi connectivity index (χ4n) is 4.08. The Morgan fingerprint density at radius 1 is 0.927 bits per heavy atom. The van der Waals surface area contributed by atoms with E-state index in [1.807, 2.05) is 9.97 Å². The summed E-state index contributed by atoms with van der Waals surface area (Å²) in [5.41, 5.74) is -3.40. The van der Waals surface area contributed by atoms with Crippen molar-refractivity contribution in [2.45, 2.75) is 63.1 Å². The fourth-order valence-corrected chi connectivity index (χ4v) is 4.50. The topological polar surface area (TPSA) is 243 Å². The lowest BCUT2D eigenvalue weighted by Crippen LogP contribution is -2.37. The maximum absolute atomic E-state index is 15.1. The van der Waals surface area contributed by atoms with Crippen LogP contribution in [0.3, 0.4) is 0 Å². The third-order valence-corrected chi connectivity index (χ3v) is 6.78. The first-order valence-electron chi connectivity index (χ1n) is 11.7. The van der Waals surface area contributed by atoms with Crippen LogP contribution in [0, 0.1) is 13.8 Å². The van der Waals surface area contributed by atoms with Gasteiger partial charge in [0.1, 0.15) is 24.9 Å². The number of aliphatic hydroxyl groups excluding tert-OH is 2. The van der Waals surface area contributed by atoms with E-state index in [1.165, 1.54) is 13.8 Å². The summed E-state index contributed by atoms with van der Waals surface area (Å²) in [5.74, 6) is 0. The first kappa shape index (κ1) is 31.0. The second kappa shape index (κ2) is 12.1. The van der Waals surface area contributed by atoms with Gasteiger partial charge in [0.25, 0.3) is 11.1 Å². The molecule has 2 saturated heterocycles. The van der Waals surface area contributed by atoms with Crippen molar-refractivity contribution in [1.82, 2.24) is 19.1 Å². The van der Waals surface area contributed by atoms with Gasteiger partial charge in [0.05, 0.1) is 6.61 Å². The van der Waals surface area contributed by atoms with Crippen molar-refractivity contribution in [2.24, 2.45) is 0 Å². The summed E-state index contributed by atoms with van der Waals surface area (Å²) in [6.07, 6.45) is -12.7. The molecule has 2 aliphatic rings. The molecule has 2 aromatic heterocycles. The number of aryl methyl sites for hydroxylation is 2. The summed E-state index contributed by atoms with van der Waals surface area (Å²) in [7, 11) is -5.30. The highest BCUT2D eigenvalue weighted by atomic mass is 31.2. The van der Waals surface area contributed by atoms with E-state index in [0.29, 0.717) is 9.13 Å². The lowest BCUT2D eigenvalue weighted by Gasteiger charge is -2.19. The average molecular weight is 614 g/mol. The van der Waals surface area contributed by atoms with Crippen molar-refractivity contribution in [3.63, 3.8) is 0 Å². The second-order valence-corrected chi connectivity index (χ2v) is 10.3. The third-order valence-electron chi connectivity index (χ3n) is 6.21. The normalized spacial score (nSPS) is 31.4. The van der Waals surface area contributed by atoms with E-state index in [9.17, 15) is 43.2 Å². The van der Waals surface area contributed by atoms with E-state index >= 15 is 4.39 Å². The van der Waals surface area contributed by atoms with Gasteiger partial charge in [0.2, 0.25) is 0 Å². The van der Waals surface area contributed by atoms with Crippen molar-refractivity contribution in [2.75, 3.05) is 13.2 Å². The maximum Gasteiger partial charge on any atom is 0.526 e. The minimum atomic E-state index is -5.30. The van der Waals surface area contributed by atoms with Crippen LogP contribution in [0.1, 0.15) is 23.6 Å². The van der Waals surface area contributed by atoms with Gasteiger partial charge in [-0.25, -0.2) is 32.7 Å². The molecule has 0 amide bonds. The summed E-state index contributed by atoms with van der Waals surface area (Å²) < 4.78 is 62.2. The standard InChI is InChI=1S/C20H25F2N4O14P/c1-7-3-25(19(31)23-15(7)29)17-11(21)13(28)10(37-17)6-35-39-41(33,34)40-38-14-9(5-27)36-18(12(14)22)26-4-8(2)16(30)24-20(26)32/h3-4,9-14,17-18,27-28H,5-6H2,1-2H3,(H,33,34)(H,23,29,31)(H,24,30,32)/t9-,10-,11-,12-,13-,14-,17-,18-/m1/s1. The zero-order valence-electron chi connectivity index (χ0n) is 21.1. The molecule has 9 atom stereocenters. The molecule has 0 bridgehead atoms. The molecular weight excluding hydrogens is 589 g/mol. The molecule has 0 spiro atoms. The first-order valence-corrected chi connectivity index (χ1v) is 13.2. The molecule has 0 aromatic carbocycles. The molecule has 5 N–H and O–H groups in total. The number of aromatic nitrogens is 4. The van der Waals surface area contributed by atoms with Crippen LogP contribution < -0.4 is 22.5 Å². The van der Waals surface area contributed by atoms with Crippen molar-refractivity contribution >= 4 is 7.82 Å². The molecule has 1 unspecified atom stereocenters. The monoisotopic (exact) mass is 614 g/mol. The zero-order valence-corrected chi connectivity index (χ0v) is 22.0. The number of halogens is 2. The molecule has 0 aliphatic carbocycles. The zero-order chi connectivity index (χ0) is 30.2. The van der Waals surface area contributed by atoms with Gasteiger partial charge >= 0.3 is 19.2 Å². The summed E-state index contributed by atoms with van der Waals surface area (Å²) in [5, 5.41) is 19.6. The number of phosphoric acid groups is 1. The molecule has 2 aliphatic heterocycles. The first-order chi connectivity index (χ1) is 19.2. The van der Waals surface area contributed by atoms with Gasteiger partial charge in [-0.15, -0.1) is 9.35 Å². The molecule has 4 rings (SSSR count). The summed E-state index contributed by atoms with van der Waals surface area (Å²) in [6.45, 7) is 0.927. The van der Waals surface area contributed by atoms with Crippen LogP contribution >= 0.6 is 7.82 Å². The largest absolute Gasteiger partial charge is 0.526 e. The van der Waals surface area contributed by atoms with Crippen LogP contribution in [0.15, 0.2) is 31.6 Å². The minimum Gasteiger partial charge on any atom is -0.394 e. The number of nitrogens with one attached hydrogen (secondary N) is 2. The average Bonchev–Trinajstić information content (AvgIpc) is 3.37. The molecule has 18 nitrogen and oxygen atoms in total. The number of alkyl halides is 2. The van der Waals surface area contributed by atoms with Crippen molar-refractivity contribution in [1.29, 1.82) is 0 Å². The van der Waals surface area contributed by atoms with Crippen LogP contribution in [-0.2, 0) is 33.2 Å². The Hall–Kier alpha value is -2.91. The van der Waals surface area contributed by atoms with Gasteiger partial charge in [0.15, 0.2) is 30.9 Å². The number of nitrogens with zero attached hydrogens (tertiary/aromatic N) is 2. The van der Waals surface area contributed by atoms with Crippen LogP contribution in [0.2, 0.25) is 0 Å². The molecule has 2 aromatic rings. The number of hydrogen-bond donors (Lipinski definition) is 5. The van der Waals surface area contributed by atoms with E-state index in [-0.39, 0.29) is 11.1 Å². The van der Waals surface area contributed by atoms with Crippen LogP contribution in [-0.4, -0.2) is 84.2 Å². The van der Waals surface area contributed by atoms with Gasteiger partial charge < -0.3 is 19.7 Å². The van der Waals surface area contributed by atoms with Gasteiger partial charge in [-0.05, 0) is 13.8 Å². The van der Waals surface area contributed by atoms with Crippen LogP contribution in [0.25, 0.3) is 0 Å². The number of ether oxygens (including phenoxy) is 2. The van der Waals surface area contributed by atoms with E-state index in [2.05, 4.69) is 19.1 Å². The number of aliphatic hydroxyl groups is 2. The van der Waals surface area contributed by atoms with Crippen molar-refractivity contribution in [3.8, 4) is 0 Å². The second-order valence-electron chi connectivity index (χ2n) is 9.11. The Morgan fingerprint density at radius 2 is 1.44 bits per heavy atom. The van der Waals surface area contributed by atoms with Crippen molar-refractivity contribution < 1.29 is 57.1 Å². The van der Waals surface area contributed by atoms with Crippen LogP contribution in [0.5, 0.6) is 0 Å². The van der Waals surface area contributed by atoms with Gasteiger partial charge in [0, 0.05) is 23.5 Å². The molecule has 41 heavy (non-hydrogen) atoms. The highest BCUT2D eigenvalue weighted by molar-refractivity contribution is 7.47. The number of rotatable bonds is 10. The Kier molecular flexibility index (Phi) is 9.19. The highest BCUT2D eigenvalue weighted by Gasteiger charge is 2.50. The van der Waals surface area contributed by atoms with E-state index in [0.717, 1.165) is 12.4 Å². The maximum atomic E-state index is 15.1. The van der Waals surface area contributed by atoms with E-state index in [4.69, 9.17) is 9.47 Å². The summed E-state index contributed by atoms with van der Waals surface area (Å²) >= 11 is 0. The molecule has 0 radical (unpaired) electrons. The molecule has 4 heterocycles. The number of aromatic amines is 2. The van der Waals surface area contributed by atoms with E-state index in [1.54, 1.807) is 0 Å². The summed E-state index contributed by atoms with van der Waals surface area (Å²) in [4.78, 5) is 70.1.